The minimum Gasteiger partial charge on any atom is -0.447 e. The van der Waals surface area contributed by atoms with E-state index in [1.54, 1.807) is 0 Å². The van der Waals surface area contributed by atoms with Crippen LogP contribution >= 0.6 is 0 Å². The summed E-state index contributed by atoms with van der Waals surface area (Å²) in [5, 5.41) is 8.86. The number of imide groups is 1. The molecule has 0 aliphatic carbocycles. The number of ether oxygens (including phenoxy) is 1. The maximum absolute atomic E-state index is 13.0. The van der Waals surface area contributed by atoms with Gasteiger partial charge in [-0.15, -0.1) is 0 Å². The third-order valence-corrected chi connectivity index (χ3v) is 4.50. The Morgan fingerprint density at radius 1 is 1.44 bits per heavy atom. The molecule has 0 unspecified atom stereocenters. The molecule has 2 rings (SSSR count). The first-order chi connectivity index (χ1) is 12.1. The van der Waals surface area contributed by atoms with E-state index in [0.29, 0.717) is 19.3 Å². The van der Waals surface area contributed by atoms with Crippen LogP contribution in [0.15, 0.2) is 42.5 Å². The molecular weight excluding hydrogens is 316 g/mol. The summed E-state index contributed by atoms with van der Waals surface area (Å²) in [6, 6.07) is 11.5. The van der Waals surface area contributed by atoms with Crippen molar-refractivity contribution in [1.82, 2.24) is 4.90 Å². The zero-order chi connectivity index (χ0) is 18.2. The molecule has 25 heavy (non-hydrogen) atoms. The largest absolute Gasteiger partial charge is 0.447 e. The highest BCUT2D eigenvalue weighted by Gasteiger charge is 2.40. The van der Waals surface area contributed by atoms with Gasteiger partial charge >= 0.3 is 6.09 Å². The van der Waals surface area contributed by atoms with Crippen molar-refractivity contribution in [3.05, 3.63) is 48.0 Å². The van der Waals surface area contributed by atoms with E-state index in [2.05, 4.69) is 12.6 Å². The van der Waals surface area contributed by atoms with Crippen LogP contribution in [0.2, 0.25) is 0 Å². The van der Waals surface area contributed by atoms with Gasteiger partial charge in [0.25, 0.3) is 0 Å². The van der Waals surface area contributed by atoms with E-state index in [9.17, 15) is 9.59 Å². The zero-order valence-corrected chi connectivity index (χ0v) is 14.6. The third kappa shape index (κ3) is 4.93. The van der Waals surface area contributed by atoms with E-state index >= 15 is 0 Å². The first-order valence-electron chi connectivity index (χ1n) is 8.64. The van der Waals surface area contributed by atoms with Crippen LogP contribution in [-0.4, -0.2) is 29.5 Å². The van der Waals surface area contributed by atoms with Gasteiger partial charge in [-0.25, -0.2) is 9.69 Å². The summed E-state index contributed by atoms with van der Waals surface area (Å²) in [7, 11) is 0. The van der Waals surface area contributed by atoms with Crippen LogP contribution in [0.5, 0.6) is 0 Å². The monoisotopic (exact) mass is 340 g/mol. The average molecular weight is 340 g/mol. The van der Waals surface area contributed by atoms with Gasteiger partial charge in [0.1, 0.15) is 6.61 Å². The number of hydrogen-bond donors (Lipinski definition) is 0. The highest BCUT2D eigenvalue weighted by atomic mass is 16.6. The van der Waals surface area contributed by atoms with Crippen LogP contribution in [0, 0.1) is 17.2 Å². The van der Waals surface area contributed by atoms with Crippen molar-refractivity contribution in [2.75, 3.05) is 6.61 Å². The fraction of sp³-hybridized carbons (Fsp3) is 0.450. The van der Waals surface area contributed by atoms with E-state index in [-0.39, 0.29) is 25.0 Å². The van der Waals surface area contributed by atoms with Crippen LogP contribution in [-0.2, 0) is 16.0 Å². The van der Waals surface area contributed by atoms with Crippen molar-refractivity contribution in [3.63, 3.8) is 0 Å². The summed E-state index contributed by atoms with van der Waals surface area (Å²) < 4.78 is 5.14. The molecule has 0 radical (unpaired) electrons. The van der Waals surface area contributed by atoms with Crippen LogP contribution in [0.4, 0.5) is 4.79 Å². The normalized spacial score (nSPS) is 17.7. The molecule has 5 nitrogen and oxygen atoms in total. The molecule has 1 aliphatic rings. The van der Waals surface area contributed by atoms with Gasteiger partial charge in [-0.2, -0.15) is 5.26 Å². The molecule has 1 aromatic carbocycles. The van der Waals surface area contributed by atoms with Gasteiger partial charge in [0, 0.05) is 12.3 Å². The summed E-state index contributed by atoms with van der Waals surface area (Å²) in [6.07, 6.45) is 1.95. The second kappa shape index (κ2) is 9.03. The lowest BCUT2D eigenvalue weighted by molar-refractivity contribution is -0.133. The summed E-state index contributed by atoms with van der Waals surface area (Å²) >= 11 is 0. The molecule has 0 saturated carbocycles. The minimum atomic E-state index is -0.588. The number of carbonyl (C=O) groups excluding carboxylic acids is 2. The van der Waals surface area contributed by atoms with E-state index in [4.69, 9.17) is 10.00 Å². The van der Waals surface area contributed by atoms with Gasteiger partial charge in [0.05, 0.1) is 12.1 Å². The van der Waals surface area contributed by atoms with Gasteiger partial charge in [0.15, 0.2) is 0 Å². The number of nitriles is 1. The van der Waals surface area contributed by atoms with Crippen LogP contribution < -0.4 is 0 Å². The van der Waals surface area contributed by atoms with E-state index in [0.717, 1.165) is 17.6 Å². The second-order valence-corrected chi connectivity index (χ2v) is 6.33. The molecule has 5 heteroatoms. The molecule has 1 aliphatic heterocycles. The van der Waals surface area contributed by atoms with E-state index in [1.807, 2.05) is 37.3 Å². The van der Waals surface area contributed by atoms with Crippen LogP contribution in [0.25, 0.3) is 0 Å². The predicted octanol–water partition coefficient (Wildman–Crippen LogP) is 3.85. The molecule has 0 aromatic heterocycles. The molecule has 2 atom stereocenters. The lowest BCUT2D eigenvalue weighted by Gasteiger charge is -2.25. The van der Waals surface area contributed by atoms with Crippen molar-refractivity contribution < 1.29 is 14.3 Å². The standard InChI is InChI=1S/C20H24N2O3/c1-3-15(2)12-17(10-7-11-21)19(23)22-18(14-25-20(22)24)13-16-8-5-4-6-9-16/h4-6,8-9,17-18H,2-3,7,10,12-14H2,1H3/t17-,18-/m1/s1. The summed E-state index contributed by atoms with van der Waals surface area (Å²) in [5.74, 6) is -0.663. The number of benzene rings is 1. The topological polar surface area (TPSA) is 70.4 Å². The third-order valence-electron chi connectivity index (χ3n) is 4.50. The molecule has 2 amide bonds. The number of allylic oxidation sites excluding steroid dienone is 1. The first-order valence-corrected chi connectivity index (χ1v) is 8.64. The smallest absolute Gasteiger partial charge is 0.416 e. The molecule has 132 valence electrons. The Bertz CT molecular complexity index is 663. The number of nitrogens with zero attached hydrogens (tertiary/aromatic N) is 2. The van der Waals surface area contributed by atoms with Gasteiger partial charge in [0.2, 0.25) is 5.91 Å². The van der Waals surface area contributed by atoms with Crippen LogP contribution in [0.3, 0.4) is 0 Å². The molecule has 0 spiro atoms. The SMILES string of the molecule is C=C(CC)C[C@@H](CCC#N)C(=O)N1C(=O)OC[C@H]1Cc1ccccc1. The van der Waals surface area contributed by atoms with Crippen molar-refractivity contribution in [2.24, 2.45) is 5.92 Å². The Morgan fingerprint density at radius 2 is 2.16 bits per heavy atom. The molecule has 1 heterocycles. The van der Waals surface area contributed by atoms with Gasteiger partial charge in [-0.3, -0.25) is 4.79 Å². The first kappa shape index (κ1) is 18.7. The Kier molecular flexibility index (Phi) is 6.76. The Balaban J connectivity index is 2.14. The van der Waals surface area contributed by atoms with Crippen molar-refractivity contribution in [3.8, 4) is 6.07 Å². The maximum Gasteiger partial charge on any atom is 0.416 e. The second-order valence-electron chi connectivity index (χ2n) is 6.33. The van der Waals surface area contributed by atoms with Crippen LogP contribution in [0.1, 0.15) is 38.2 Å². The number of cyclic esters (lactones) is 1. The highest BCUT2D eigenvalue weighted by Crippen LogP contribution is 2.26. The fourth-order valence-electron chi connectivity index (χ4n) is 3.01. The zero-order valence-electron chi connectivity index (χ0n) is 14.6. The lowest BCUT2D eigenvalue weighted by atomic mass is 9.92. The fourth-order valence-corrected chi connectivity index (χ4v) is 3.01. The summed E-state index contributed by atoms with van der Waals surface area (Å²) in [5.41, 5.74) is 2.00. The summed E-state index contributed by atoms with van der Waals surface area (Å²) in [6.45, 7) is 6.16. The van der Waals surface area contributed by atoms with E-state index in [1.165, 1.54) is 4.90 Å². The van der Waals surface area contributed by atoms with E-state index < -0.39 is 12.0 Å². The molecule has 1 fully saturated rings. The number of rotatable bonds is 8. The van der Waals surface area contributed by atoms with Gasteiger partial charge < -0.3 is 4.74 Å². The van der Waals surface area contributed by atoms with Crippen molar-refractivity contribution in [1.29, 1.82) is 5.26 Å². The molecule has 0 bridgehead atoms. The number of hydrogen-bond acceptors (Lipinski definition) is 4. The summed E-state index contributed by atoms with van der Waals surface area (Å²) in [4.78, 5) is 26.4. The minimum absolute atomic E-state index is 0.208. The highest BCUT2D eigenvalue weighted by molar-refractivity contribution is 5.95. The molecular formula is C20H24N2O3. The Hall–Kier alpha value is -2.61. The maximum atomic E-state index is 13.0. The lowest BCUT2D eigenvalue weighted by Crippen LogP contribution is -2.43. The Labute approximate surface area is 148 Å². The quantitative estimate of drug-likeness (QED) is 0.674. The van der Waals surface area contributed by atoms with Crippen molar-refractivity contribution in [2.45, 2.75) is 45.1 Å². The van der Waals surface area contributed by atoms with Crippen molar-refractivity contribution >= 4 is 12.0 Å². The Morgan fingerprint density at radius 3 is 2.80 bits per heavy atom. The van der Waals surface area contributed by atoms with Gasteiger partial charge in [-0.05, 0) is 31.2 Å². The molecule has 1 saturated heterocycles. The molecule has 1 aromatic rings. The average Bonchev–Trinajstić information content (AvgIpc) is 2.98. The molecule has 0 N–H and O–H groups in total. The predicted molar refractivity (Wildman–Crippen MR) is 94.5 cm³/mol. The number of amides is 2. The van der Waals surface area contributed by atoms with Gasteiger partial charge in [-0.1, -0.05) is 49.4 Å². The number of carbonyl (C=O) groups is 2.